The predicted octanol–water partition coefficient (Wildman–Crippen LogP) is 2.91. The number of aliphatic carboxylic acids is 1. The second-order valence-corrected chi connectivity index (χ2v) is 8.48. The van der Waals surface area contributed by atoms with Gasteiger partial charge in [0.15, 0.2) is 6.10 Å². The van der Waals surface area contributed by atoms with E-state index >= 15 is 0 Å². The highest BCUT2D eigenvalue weighted by Crippen LogP contribution is 2.44. The average Bonchev–Trinajstić information content (AvgIpc) is 3.40. The molecule has 0 bridgehead atoms. The summed E-state index contributed by atoms with van der Waals surface area (Å²) in [6.07, 6.45) is 0.193. The summed E-state index contributed by atoms with van der Waals surface area (Å²) in [5.41, 5.74) is 4.65. The molecule has 0 saturated heterocycles. The highest BCUT2D eigenvalue weighted by molar-refractivity contribution is 5.81. The molecule has 1 unspecified atom stereocenters. The van der Waals surface area contributed by atoms with Gasteiger partial charge < -0.3 is 25.2 Å². The highest BCUT2D eigenvalue weighted by atomic mass is 16.5. The summed E-state index contributed by atoms with van der Waals surface area (Å²) in [5.74, 6) is -1.64. The van der Waals surface area contributed by atoms with Crippen molar-refractivity contribution in [1.29, 1.82) is 0 Å². The van der Waals surface area contributed by atoms with E-state index in [1.165, 1.54) is 18.2 Å². The zero-order chi connectivity index (χ0) is 23.4. The van der Waals surface area contributed by atoms with Crippen LogP contribution in [0.4, 0.5) is 4.79 Å². The molecule has 0 aliphatic heterocycles. The zero-order valence-electron chi connectivity index (χ0n) is 18.5. The van der Waals surface area contributed by atoms with Crippen LogP contribution in [0.25, 0.3) is 11.1 Å². The summed E-state index contributed by atoms with van der Waals surface area (Å²) < 4.78 is 10.4. The van der Waals surface area contributed by atoms with E-state index in [4.69, 9.17) is 14.6 Å². The minimum absolute atomic E-state index is 0.00628. The number of benzene rings is 2. The maximum absolute atomic E-state index is 12.5. The molecule has 2 amide bonds. The van der Waals surface area contributed by atoms with Gasteiger partial charge in [-0.05, 0) is 41.5 Å². The normalized spacial score (nSPS) is 19.9. The number of hydrogen-bond acceptors (Lipinski definition) is 5. The molecule has 8 heteroatoms. The van der Waals surface area contributed by atoms with Crippen LogP contribution in [0.15, 0.2) is 48.5 Å². The van der Waals surface area contributed by atoms with Crippen molar-refractivity contribution in [3.63, 3.8) is 0 Å². The molecule has 0 aromatic heterocycles. The fourth-order valence-electron chi connectivity index (χ4n) is 4.77. The van der Waals surface area contributed by atoms with Gasteiger partial charge in [0, 0.05) is 25.0 Å². The van der Waals surface area contributed by atoms with E-state index in [2.05, 4.69) is 34.9 Å². The van der Waals surface area contributed by atoms with Crippen LogP contribution in [0, 0.1) is 5.92 Å². The van der Waals surface area contributed by atoms with E-state index in [9.17, 15) is 14.4 Å². The molecule has 33 heavy (non-hydrogen) atoms. The van der Waals surface area contributed by atoms with E-state index in [0.29, 0.717) is 19.3 Å². The molecule has 2 aromatic rings. The molecule has 4 rings (SSSR count). The maximum atomic E-state index is 12.5. The summed E-state index contributed by atoms with van der Waals surface area (Å²) in [6, 6.07) is 16.2. The smallest absolute Gasteiger partial charge is 0.407 e. The molecular weight excluding hydrogens is 424 g/mol. The molecule has 3 atom stereocenters. The van der Waals surface area contributed by atoms with Gasteiger partial charge in [-0.1, -0.05) is 48.5 Å². The van der Waals surface area contributed by atoms with Crippen LogP contribution in [-0.4, -0.2) is 55.5 Å². The molecule has 2 aliphatic rings. The Labute approximate surface area is 192 Å². The quantitative estimate of drug-likeness (QED) is 0.568. The van der Waals surface area contributed by atoms with Crippen molar-refractivity contribution < 1.29 is 29.0 Å². The summed E-state index contributed by atoms with van der Waals surface area (Å²) in [6.45, 7) is 0.149. The van der Waals surface area contributed by atoms with Gasteiger partial charge in [-0.3, -0.25) is 4.79 Å². The maximum Gasteiger partial charge on any atom is 0.407 e. The number of ether oxygens (including phenoxy) is 2. The number of carbonyl (C=O) groups is 3. The summed E-state index contributed by atoms with van der Waals surface area (Å²) >= 11 is 0. The number of carboxylic acid groups (broad SMARTS) is 1. The van der Waals surface area contributed by atoms with Crippen molar-refractivity contribution in [1.82, 2.24) is 10.6 Å². The number of amides is 2. The summed E-state index contributed by atoms with van der Waals surface area (Å²) in [4.78, 5) is 35.8. The third-order valence-corrected chi connectivity index (χ3v) is 6.49. The Hall–Kier alpha value is -3.39. The Kier molecular flexibility index (Phi) is 6.93. The Morgan fingerprint density at radius 1 is 1.03 bits per heavy atom. The largest absolute Gasteiger partial charge is 0.479 e. The van der Waals surface area contributed by atoms with Crippen molar-refractivity contribution in [2.75, 3.05) is 20.3 Å². The molecule has 8 nitrogen and oxygen atoms in total. The number of carbonyl (C=O) groups excluding carboxylic acids is 2. The molecule has 2 aromatic carbocycles. The van der Waals surface area contributed by atoms with Gasteiger partial charge in [-0.15, -0.1) is 0 Å². The zero-order valence-corrected chi connectivity index (χ0v) is 18.5. The van der Waals surface area contributed by atoms with Gasteiger partial charge in [0.1, 0.15) is 6.61 Å². The fraction of sp³-hybridized carbons (Fsp3) is 0.400. The van der Waals surface area contributed by atoms with Gasteiger partial charge in [0.25, 0.3) is 0 Å². The molecular formula is C25H28N2O6. The van der Waals surface area contributed by atoms with Crippen molar-refractivity contribution in [3.8, 4) is 11.1 Å². The summed E-state index contributed by atoms with van der Waals surface area (Å²) in [5, 5.41) is 14.5. The van der Waals surface area contributed by atoms with Gasteiger partial charge >= 0.3 is 12.1 Å². The molecule has 174 valence electrons. The Bertz CT molecular complexity index is 994. The first-order valence-corrected chi connectivity index (χ1v) is 11.1. The number of fused-ring (bicyclic) bond motifs is 3. The standard InChI is InChI=1S/C25H28N2O6/c1-32-22(24(29)30)13-26-23(28)15-10-11-16(12-15)27-25(31)33-14-21-19-8-4-2-6-17(19)18-7-3-5-9-20(18)21/h2-9,15-16,21-22H,10-14H2,1H3,(H,26,28)(H,27,31)(H,29,30)/t15-,16+,22?/m1/s1. The van der Waals surface area contributed by atoms with E-state index in [-0.39, 0.29) is 36.9 Å². The number of carboxylic acids is 1. The first-order valence-electron chi connectivity index (χ1n) is 11.1. The van der Waals surface area contributed by atoms with Crippen LogP contribution < -0.4 is 10.6 Å². The van der Waals surface area contributed by atoms with Crippen molar-refractivity contribution in [2.24, 2.45) is 5.92 Å². The van der Waals surface area contributed by atoms with Crippen LogP contribution in [-0.2, 0) is 19.1 Å². The van der Waals surface area contributed by atoms with E-state index < -0.39 is 18.2 Å². The van der Waals surface area contributed by atoms with Gasteiger partial charge in [-0.2, -0.15) is 0 Å². The Morgan fingerprint density at radius 2 is 1.67 bits per heavy atom. The first-order chi connectivity index (χ1) is 16.0. The van der Waals surface area contributed by atoms with Crippen molar-refractivity contribution in [2.45, 2.75) is 37.3 Å². The number of alkyl carbamates (subject to hydrolysis) is 1. The van der Waals surface area contributed by atoms with E-state index in [0.717, 1.165) is 11.1 Å². The van der Waals surface area contributed by atoms with Crippen LogP contribution in [0.3, 0.4) is 0 Å². The Morgan fingerprint density at radius 3 is 2.27 bits per heavy atom. The lowest BCUT2D eigenvalue weighted by molar-refractivity contribution is -0.148. The van der Waals surface area contributed by atoms with Crippen LogP contribution >= 0.6 is 0 Å². The molecule has 3 N–H and O–H groups in total. The summed E-state index contributed by atoms with van der Waals surface area (Å²) in [7, 11) is 1.29. The molecule has 0 radical (unpaired) electrons. The molecule has 1 saturated carbocycles. The second kappa shape index (κ2) is 10.0. The van der Waals surface area contributed by atoms with Crippen LogP contribution in [0.1, 0.15) is 36.3 Å². The highest BCUT2D eigenvalue weighted by Gasteiger charge is 2.33. The molecule has 0 spiro atoms. The van der Waals surface area contributed by atoms with E-state index in [1.54, 1.807) is 0 Å². The number of methoxy groups -OCH3 is 1. The second-order valence-electron chi connectivity index (χ2n) is 8.48. The van der Waals surface area contributed by atoms with Gasteiger partial charge in [-0.25, -0.2) is 9.59 Å². The number of rotatable bonds is 8. The molecule has 1 fully saturated rings. The lowest BCUT2D eigenvalue weighted by Crippen LogP contribution is -2.40. The number of nitrogens with one attached hydrogen (secondary N) is 2. The third-order valence-electron chi connectivity index (χ3n) is 6.49. The SMILES string of the molecule is COC(CNC(=O)[C@@H]1CC[C@H](NC(=O)OCC2c3ccccc3-c3ccccc32)C1)C(=O)O. The first kappa shape index (κ1) is 22.8. The molecule has 0 heterocycles. The minimum atomic E-state index is -1.13. The van der Waals surface area contributed by atoms with Gasteiger partial charge in [0.05, 0.1) is 6.54 Å². The van der Waals surface area contributed by atoms with Crippen molar-refractivity contribution in [3.05, 3.63) is 59.7 Å². The van der Waals surface area contributed by atoms with E-state index in [1.807, 2.05) is 24.3 Å². The minimum Gasteiger partial charge on any atom is -0.479 e. The van der Waals surface area contributed by atoms with Crippen molar-refractivity contribution >= 4 is 18.0 Å². The van der Waals surface area contributed by atoms with Crippen LogP contribution in [0.5, 0.6) is 0 Å². The molecule has 2 aliphatic carbocycles. The fourth-order valence-corrected chi connectivity index (χ4v) is 4.77. The lowest BCUT2D eigenvalue weighted by atomic mass is 9.98. The average molecular weight is 453 g/mol. The number of hydrogen-bond donors (Lipinski definition) is 3. The van der Waals surface area contributed by atoms with Gasteiger partial charge in [0.2, 0.25) is 5.91 Å². The lowest BCUT2D eigenvalue weighted by Gasteiger charge is -2.17. The Balaban J connectivity index is 1.27. The topological polar surface area (TPSA) is 114 Å². The van der Waals surface area contributed by atoms with Crippen LogP contribution in [0.2, 0.25) is 0 Å². The predicted molar refractivity (Wildman–Crippen MR) is 121 cm³/mol. The third kappa shape index (κ3) is 5.01. The monoisotopic (exact) mass is 452 g/mol.